The van der Waals surface area contributed by atoms with Gasteiger partial charge >= 0.3 is 0 Å². The van der Waals surface area contributed by atoms with Gasteiger partial charge in [0.1, 0.15) is 0 Å². The van der Waals surface area contributed by atoms with Crippen molar-refractivity contribution in [3.05, 3.63) is 0 Å². The van der Waals surface area contributed by atoms with Crippen molar-refractivity contribution in [2.45, 2.75) is 78.9 Å². The van der Waals surface area contributed by atoms with Gasteiger partial charge < -0.3 is 10.2 Å². The summed E-state index contributed by atoms with van der Waals surface area (Å²) in [6, 6.07) is 0. The highest BCUT2D eigenvalue weighted by molar-refractivity contribution is 5.20. The van der Waals surface area contributed by atoms with Crippen LogP contribution in [-0.4, -0.2) is 22.4 Å². The van der Waals surface area contributed by atoms with E-state index < -0.39 is 0 Å². The maximum Gasteiger partial charge on any atom is 0.0632 e. The first-order valence-electron chi connectivity index (χ1n) is 9.50. The van der Waals surface area contributed by atoms with Crippen LogP contribution in [0.3, 0.4) is 0 Å². The molecule has 2 N–H and O–H groups in total. The third-order valence-corrected chi connectivity index (χ3v) is 8.95. The van der Waals surface area contributed by atoms with Gasteiger partial charge in [0.15, 0.2) is 0 Å². The van der Waals surface area contributed by atoms with Gasteiger partial charge in [-0.05, 0) is 77.9 Å². The summed E-state index contributed by atoms with van der Waals surface area (Å²) in [5, 5.41) is 22.1. The Morgan fingerprint density at radius 2 is 1.59 bits per heavy atom. The zero-order chi connectivity index (χ0) is 16.1. The van der Waals surface area contributed by atoms with Crippen LogP contribution in [0.1, 0.15) is 66.7 Å². The van der Waals surface area contributed by atoms with Crippen LogP contribution in [0.4, 0.5) is 0 Å². The predicted molar refractivity (Wildman–Crippen MR) is 88.2 cm³/mol. The maximum atomic E-state index is 11.3. The van der Waals surface area contributed by atoms with Crippen LogP contribution in [0.15, 0.2) is 0 Å². The van der Waals surface area contributed by atoms with Crippen LogP contribution in [0.25, 0.3) is 0 Å². The molecule has 2 heteroatoms. The van der Waals surface area contributed by atoms with Crippen molar-refractivity contribution >= 4 is 0 Å². The quantitative estimate of drug-likeness (QED) is 0.772. The van der Waals surface area contributed by atoms with Crippen LogP contribution >= 0.6 is 0 Å². The van der Waals surface area contributed by atoms with Gasteiger partial charge in [0.25, 0.3) is 0 Å². The van der Waals surface area contributed by atoms with Gasteiger partial charge in [-0.3, -0.25) is 0 Å². The van der Waals surface area contributed by atoms with E-state index in [2.05, 4.69) is 34.6 Å². The fraction of sp³-hybridized carbons (Fsp3) is 1.00. The number of aliphatic hydroxyl groups is 2. The van der Waals surface area contributed by atoms with Gasteiger partial charge in [-0.25, -0.2) is 0 Å². The molecule has 0 amide bonds. The Kier molecular flexibility index (Phi) is 3.02. The van der Waals surface area contributed by atoms with Gasteiger partial charge in [0.2, 0.25) is 0 Å². The fourth-order valence-electron chi connectivity index (χ4n) is 7.16. The molecule has 4 saturated carbocycles. The number of rotatable bonds is 1. The predicted octanol–water partition coefficient (Wildman–Crippen LogP) is 3.85. The van der Waals surface area contributed by atoms with Crippen molar-refractivity contribution in [1.29, 1.82) is 0 Å². The first-order valence-corrected chi connectivity index (χ1v) is 9.50. The summed E-state index contributed by atoms with van der Waals surface area (Å²) in [7, 11) is 0. The van der Waals surface area contributed by atoms with Gasteiger partial charge in [0, 0.05) is 0 Å². The molecule has 0 spiro atoms. The van der Waals surface area contributed by atoms with Crippen LogP contribution < -0.4 is 0 Å². The van der Waals surface area contributed by atoms with E-state index >= 15 is 0 Å². The molecule has 126 valence electrons. The molecule has 0 aromatic heterocycles. The molecule has 0 aliphatic heterocycles. The summed E-state index contributed by atoms with van der Waals surface area (Å²) in [6.07, 6.45) is 5.47. The molecule has 0 saturated heterocycles. The molecule has 4 fully saturated rings. The van der Waals surface area contributed by atoms with E-state index in [-0.39, 0.29) is 23.0 Å². The molecule has 9 atom stereocenters. The van der Waals surface area contributed by atoms with E-state index in [1.165, 1.54) is 19.3 Å². The van der Waals surface area contributed by atoms with Crippen LogP contribution in [0, 0.1) is 45.8 Å². The molecule has 22 heavy (non-hydrogen) atoms. The lowest BCUT2D eigenvalue weighted by atomic mass is 9.46. The Morgan fingerprint density at radius 1 is 0.909 bits per heavy atom. The van der Waals surface area contributed by atoms with Crippen molar-refractivity contribution in [2.75, 3.05) is 0 Å². The van der Waals surface area contributed by atoms with Crippen molar-refractivity contribution < 1.29 is 10.2 Å². The van der Waals surface area contributed by atoms with Gasteiger partial charge in [0.05, 0.1) is 12.2 Å². The van der Waals surface area contributed by atoms with E-state index in [0.29, 0.717) is 29.1 Å². The standard InChI is InChI=1S/C20H34O2/c1-11(2)13-8-14(21)19(4)7-6-18(3)9-12-10-20(12,5)17(22)16(18)15(13)19/h11-17,21-22H,6-10H2,1-5H3. The van der Waals surface area contributed by atoms with Crippen molar-refractivity contribution in [3.63, 3.8) is 0 Å². The summed E-state index contributed by atoms with van der Waals surface area (Å²) in [6.45, 7) is 11.7. The molecule has 0 radical (unpaired) electrons. The minimum absolute atomic E-state index is 0.0260. The smallest absolute Gasteiger partial charge is 0.0632 e. The lowest BCUT2D eigenvalue weighted by Gasteiger charge is -2.59. The van der Waals surface area contributed by atoms with E-state index in [1.54, 1.807) is 0 Å². The molecule has 0 heterocycles. The van der Waals surface area contributed by atoms with Crippen LogP contribution in [0.2, 0.25) is 0 Å². The molecule has 4 rings (SSSR count). The second-order valence-corrected chi connectivity index (χ2v) is 10.4. The second kappa shape index (κ2) is 4.30. The molecular formula is C20H34O2. The second-order valence-electron chi connectivity index (χ2n) is 10.4. The first kappa shape index (κ1) is 15.4. The summed E-state index contributed by atoms with van der Waals surface area (Å²) in [5.74, 6) is 2.80. The van der Waals surface area contributed by atoms with E-state index in [9.17, 15) is 10.2 Å². The molecule has 0 aromatic rings. The van der Waals surface area contributed by atoms with Crippen molar-refractivity contribution in [2.24, 2.45) is 45.8 Å². The van der Waals surface area contributed by atoms with Crippen molar-refractivity contribution in [3.8, 4) is 0 Å². The zero-order valence-electron chi connectivity index (χ0n) is 15.0. The van der Waals surface area contributed by atoms with E-state index in [1.807, 2.05) is 0 Å². The largest absolute Gasteiger partial charge is 0.393 e. The average Bonchev–Trinajstić information content (AvgIpc) is 3.01. The summed E-state index contributed by atoms with van der Waals surface area (Å²) in [4.78, 5) is 0. The number of hydrogen-bond acceptors (Lipinski definition) is 2. The monoisotopic (exact) mass is 306 g/mol. The van der Waals surface area contributed by atoms with Gasteiger partial charge in [-0.1, -0.05) is 34.6 Å². The highest BCUT2D eigenvalue weighted by atomic mass is 16.3. The van der Waals surface area contributed by atoms with Crippen LogP contribution in [0.5, 0.6) is 0 Å². The third-order valence-electron chi connectivity index (χ3n) is 8.95. The Labute approximate surface area is 135 Å². The Balaban J connectivity index is 1.78. The summed E-state index contributed by atoms with van der Waals surface area (Å²) >= 11 is 0. The maximum absolute atomic E-state index is 11.3. The summed E-state index contributed by atoms with van der Waals surface area (Å²) < 4.78 is 0. The van der Waals surface area contributed by atoms with Gasteiger partial charge in [-0.15, -0.1) is 0 Å². The lowest BCUT2D eigenvalue weighted by molar-refractivity contribution is -0.162. The van der Waals surface area contributed by atoms with Crippen molar-refractivity contribution in [1.82, 2.24) is 0 Å². The van der Waals surface area contributed by atoms with Crippen LogP contribution in [-0.2, 0) is 0 Å². The first-order chi connectivity index (χ1) is 10.1. The molecule has 4 aliphatic rings. The Morgan fingerprint density at radius 3 is 2.23 bits per heavy atom. The van der Waals surface area contributed by atoms with Gasteiger partial charge in [-0.2, -0.15) is 0 Å². The molecule has 4 aliphatic carbocycles. The topological polar surface area (TPSA) is 40.5 Å². The number of aliphatic hydroxyl groups excluding tert-OH is 2. The Bertz CT molecular complexity index is 486. The minimum atomic E-state index is -0.175. The van der Waals surface area contributed by atoms with E-state index in [0.717, 1.165) is 18.8 Å². The molecule has 2 nitrogen and oxygen atoms in total. The SMILES string of the molecule is CC(C)C1CC(O)C2(C)CCC3(C)CC4CC4(C)C(O)C3C12. The molecule has 0 bridgehead atoms. The Hall–Kier alpha value is -0.0800. The average molecular weight is 306 g/mol. The molecule has 0 aromatic carbocycles. The number of fused-ring (bicyclic) bond motifs is 4. The highest BCUT2D eigenvalue weighted by Gasteiger charge is 2.71. The molecule has 9 unspecified atom stereocenters. The fourth-order valence-corrected chi connectivity index (χ4v) is 7.16. The lowest BCUT2D eigenvalue weighted by Crippen LogP contribution is -2.57. The normalized spacial score (nSPS) is 63.3. The molecular weight excluding hydrogens is 272 g/mol. The number of hydrogen-bond donors (Lipinski definition) is 2. The van der Waals surface area contributed by atoms with E-state index in [4.69, 9.17) is 0 Å². The third kappa shape index (κ3) is 1.69. The minimum Gasteiger partial charge on any atom is -0.393 e. The summed E-state index contributed by atoms with van der Waals surface area (Å²) in [5.41, 5.74) is 0.497. The zero-order valence-corrected chi connectivity index (χ0v) is 15.0. The highest BCUT2D eigenvalue weighted by Crippen LogP contribution is 2.74.